The Kier molecular flexibility index (Phi) is 3.05. The molecule has 0 aliphatic carbocycles. The minimum absolute atomic E-state index is 0.799. The van der Waals surface area contributed by atoms with Crippen LogP contribution in [0.2, 0.25) is 0 Å². The van der Waals surface area contributed by atoms with Gasteiger partial charge in [-0.15, -0.1) is 0 Å². The van der Waals surface area contributed by atoms with E-state index in [1.54, 1.807) is 0 Å². The fourth-order valence-electron chi connectivity index (χ4n) is 2.23. The van der Waals surface area contributed by atoms with Crippen molar-refractivity contribution in [3.8, 4) is 11.1 Å². The maximum atomic E-state index is 9.37. The molecular weight excluding hydrogens is 240 g/mol. The quantitative estimate of drug-likeness (QED) is 0.642. The van der Waals surface area contributed by atoms with E-state index in [0.717, 1.165) is 28.1 Å². The molecule has 0 aromatic heterocycles. The fraction of sp³-hybridized carbons (Fsp3) is 0. The van der Waals surface area contributed by atoms with Gasteiger partial charge in [0.25, 0.3) is 0 Å². The van der Waals surface area contributed by atoms with Gasteiger partial charge in [-0.3, -0.25) is 0 Å². The van der Waals surface area contributed by atoms with E-state index in [1.807, 2.05) is 36.4 Å². The molecule has 0 bridgehead atoms. The first-order valence-electron chi connectivity index (χ1n) is 5.79. The molecule has 88 valence electrons. The van der Waals surface area contributed by atoms with E-state index in [9.17, 15) is 4.55 Å². The summed E-state index contributed by atoms with van der Waals surface area (Å²) in [5.41, 5.74) is 2.23. The van der Waals surface area contributed by atoms with Crippen molar-refractivity contribution >= 4 is 22.8 Å². The first-order valence-corrected chi connectivity index (χ1v) is 6.56. The van der Waals surface area contributed by atoms with Crippen molar-refractivity contribution in [2.45, 2.75) is 4.90 Å². The highest BCUT2D eigenvalue weighted by atomic mass is 32.2. The van der Waals surface area contributed by atoms with Crippen LogP contribution in [-0.4, -0.2) is 4.55 Å². The predicted octanol–water partition coefficient (Wildman–Crippen LogP) is 5.07. The van der Waals surface area contributed by atoms with Crippen LogP contribution in [0.25, 0.3) is 21.9 Å². The van der Waals surface area contributed by atoms with Crippen LogP contribution in [0.5, 0.6) is 0 Å². The van der Waals surface area contributed by atoms with E-state index < -0.39 is 0 Å². The molecule has 0 unspecified atom stereocenters. The van der Waals surface area contributed by atoms with Gasteiger partial charge in [0.2, 0.25) is 0 Å². The average molecular weight is 252 g/mol. The van der Waals surface area contributed by atoms with Crippen LogP contribution >= 0.6 is 12.0 Å². The van der Waals surface area contributed by atoms with Crippen molar-refractivity contribution in [2.75, 3.05) is 0 Å². The summed E-state index contributed by atoms with van der Waals surface area (Å²) in [6, 6.07) is 22.5. The van der Waals surface area contributed by atoms with Crippen molar-refractivity contribution < 1.29 is 4.55 Å². The zero-order chi connectivity index (χ0) is 12.4. The topological polar surface area (TPSA) is 20.2 Å². The lowest BCUT2D eigenvalue weighted by atomic mass is 9.98. The second-order valence-electron chi connectivity index (χ2n) is 4.11. The Morgan fingerprint density at radius 1 is 0.667 bits per heavy atom. The van der Waals surface area contributed by atoms with Gasteiger partial charge in [-0.25, -0.2) is 0 Å². The Labute approximate surface area is 110 Å². The standard InChI is InChI=1S/C16H12OS/c17-18-16-11-4-3-9-15(16)14-10-5-7-12-6-1-2-8-13(12)14/h1-11,17H. The first-order chi connectivity index (χ1) is 8.90. The van der Waals surface area contributed by atoms with Gasteiger partial charge in [0.1, 0.15) is 0 Å². The van der Waals surface area contributed by atoms with Gasteiger partial charge in [-0.2, -0.15) is 0 Å². The summed E-state index contributed by atoms with van der Waals surface area (Å²) >= 11 is 0.799. The van der Waals surface area contributed by atoms with Crippen LogP contribution < -0.4 is 0 Å². The van der Waals surface area contributed by atoms with Crippen molar-refractivity contribution in [3.05, 3.63) is 66.7 Å². The lowest BCUT2D eigenvalue weighted by molar-refractivity contribution is 0.664. The molecule has 0 saturated heterocycles. The maximum Gasteiger partial charge on any atom is 0.0429 e. The average Bonchev–Trinajstić information content (AvgIpc) is 2.46. The van der Waals surface area contributed by atoms with E-state index in [0.29, 0.717) is 0 Å². The molecule has 0 aliphatic rings. The van der Waals surface area contributed by atoms with Crippen LogP contribution in [0.4, 0.5) is 0 Å². The monoisotopic (exact) mass is 252 g/mol. The minimum Gasteiger partial charge on any atom is -0.325 e. The summed E-state index contributed by atoms with van der Waals surface area (Å²) in [6.07, 6.45) is 0. The Bertz CT molecular complexity index is 686. The Balaban J connectivity index is 2.32. The number of benzene rings is 3. The van der Waals surface area contributed by atoms with Gasteiger partial charge in [-0.1, -0.05) is 60.7 Å². The zero-order valence-electron chi connectivity index (χ0n) is 9.71. The van der Waals surface area contributed by atoms with Gasteiger partial charge < -0.3 is 4.55 Å². The molecule has 0 amide bonds. The third kappa shape index (κ3) is 1.90. The second-order valence-corrected chi connectivity index (χ2v) is 4.74. The van der Waals surface area contributed by atoms with Gasteiger partial charge in [0.05, 0.1) is 0 Å². The fourth-order valence-corrected chi connectivity index (χ4v) is 2.64. The molecule has 3 aromatic rings. The van der Waals surface area contributed by atoms with Crippen LogP contribution in [0.1, 0.15) is 0 Å². The van der Waals surface area contributed by atoms with Crippen LogP contribution in [0.3, 0.4) is 0 Å². The molecule has 0 aliphatic heterocycles. The number of fused-ring (bicyclic) bond motifs is 1. The second kappa shape index (κ2) is 4.84. The maximum absolute atomic E-state index is 9.37. The summed E-state index contributed by atoms with van der Waals surface area (Å²) in [6.45, 7) is 0. The summed E-state index contributed by atoms with van der Waals surface area (Å²) < 4.78 is 9.37. The largest absolute Gasteiger partial charge is 0.325 e. The van der Waals surface area contributed by atoms with E-state index in [1.165, 1.54) is 10.8 Å². The molecule has 18 heavy (non-hydrogen) atoms. The third-order valence-corrected chi connectivity index (χ3v) is 3.62. The third-order valence-electron chi connectivity index (χ3n) is 3.07. The molecule has 2 heteroatoms. The van der Waals surface area contributed by atoms with Gasteiger partial charge in [0.15, 0.2) is 0 Å². The SMILES string of the molecule is OSc1ccccc1-c1cccc2ccccc12. The summed E-state index contributed by atoms with van der Waals surface area (Å²) in [5.74, 6) is 0. The zero-order valence-corrected chi connectivity index (χ0v) is 10.5. The normalized spacial score (nSPS) is 10.7. The summed E-state index contributed by atoms with van der Waals surface area (Å²) in [7, 11) is 0. The van der Waals surface area contributed by atoms with Crippen molar-refractivity contribution in [2.24, 2.45) is 0 Å². The molecular formula is C16H12OS. The Morgan fingerprint density at radius 3 is 2.22 bits per heavy atom. The molecule has 0 fully saturated rings. The summed E-state index contributed by atoms with van der Waals surface area (Å²) in [4.78, 5) is 0.883. The molecule has 0 spiro atoms. The number of rotatable bonds is 2. The van der Waals surface area contributed by atoms with Gasteiger partial charge in [-0.05, 0) is 28.0 Å². The van der Waals surface area contributed by atoms with Crippen LogP contribution in [0.15, 0.2) is 71.6 Å². The molecule has 3 rings (SSSR count). The molecule has 0 heterocycles. The van der Waals surface area contributed by atoms with Crippen molar-refractivity contribution in [1.29, 1.82) is 0 Å². The van der Waals surface area contributed by atoms with E-state index in [4.69, 9.17) is 0 Å². The highest BCUT2D eigenvalue weighted by Gasteiger charge is 2.07. The van der Waals surface area contributed by atoms with E-state index >= 15 is 0 Å². The predicted molar refractivity (Wildman–Crippen MR) is 77.9 cm³/mol. The molecule has 0 radical (unpaired) electrons. The smallest absolute Gasteiger partial charge is 0.0429 e. The molecule has 0 atom stereocenters. The molecule has 0 saturated carbocycles. The van der Waals surface area contributed by atoms with Crippen molar-refractivity contribution in [1.82, 2.24) is 0 Å². The Hall–Kier alpha value is -1.77. The highest BCUT2D eigenvalue weighted by molar-refractivity contribution is 7.93. The van der Waals surface area contributed by atoms with Gasteiger partial charge >= 0.3 is 0 Å². The number of hydrogen-bond acceptors (Lipinski definition) is 2. The highest BCUT2D eigenvalue weighted by Crippen LogP contribution is 2.34. The molecule has 3 aromatic carbocycles. The van der Waals surface area contributed by atoms with Crippen LogP contribution in [-0.2, 0) is 0 Å². The lowest BCUT2D eigenvalue weighted by Gasteiger charge is -2.09. The Morgan fingerprint density at radius 2 is 1.33 bits per heavy atom. The van der Waals surface area contributed by atoms with E-state index in [-0.39, 0.29) is 0 Å². The van der Waals surface area contributed by atoms with Crippen LogP contribution in [0, 0.1) is 0 Å². The molecule has 1 nitrogen and oxygen atoms in total. The number of hydrogen-bond donors (Lipinski definition) is 1. The minimum atomic E-state index is 0.799. The lowest BCUT2D eigenvalue weighted by Crippen LogP contribution is -1.84. The molecule has 1 N–H and O–H groups in total. The summed E-state index contributed by atoms with van der Waals surface area (Å²) in [5, 5.41) is 2.43. The van der Waals surface area contributed by atoms with E-state index in [2.05, 4.69) is 30.3 Å². The van der Waals surface area contributed by atoms with Gasteiger partial charge in [0, 0.05) is 16.9 Å². The first kappa shape index (κ1) is 11.3. The van der Waals surface area contributed by atoms with Crippen molar-refractivity contribution in [3.63, 3.8) is 0 Å².